The maximum Gasteiger partial charge on any atom is 0.410 e. The average molecular weight is 285 g/mol. The molecule has 2 atom stereocenters. The van der Waals surface area contributed by atoms with Crippen molar-refractivity contribution >= 4 is 12.2 Å². The standard InChI is InChI=1S/C13H23N3O4/c1-13(2,3)20-12(18)16-5-4-9(8-16)14-6-10-7-15-11(17)19-10/h9-10,14H,4-8H2,1-3H3,(H,15,17)/t9-,10-/m0/s1. The van der Waals surface area contributed by atoms with Crippen molar-refractivity contribution in [3.63, 3.8) is 0 Å². The number of hydrogen-bond acceptors (Lipinski definition) is 5. The lowest BCUT2D eigenvalue weighted by Crippen LogP contribution is -2.41. The van der Waals surface area contributed by atoms with Crippen molar-refractivity contribution in [2.75, 3.05) is 26.2 Å². The molecule has 2 amide bonds. The molecule has 2 saturated heterocycles. The zero-order chi connectivity index (χ0) is 14.8. The number of alkyl carbamates (subject to hydrolysis) is 1. The molecule has 0 spiro atoms. The van der Waals surface area contributed by atoms with Crippen molar-refractivity contribution in [3.8, 4) is 0 Å². The lowest BCUT2D eigenvalue weighted by Gasteiger charge is -2.24. The highest BCUT2D eigenvalue weighted by Crippen LogP contribution is 2.15. The van der Waals surface area contributed by atoms with E-state index in [9.17, 15) is 9.59 Å². The summed E-state index contributed by atoms with van der Waals surface area (Å²) in [6.07, 6.45) is 0.125. The Balaban J connectivity index is 1.69. The van der Waals surface area contributed by atoms with Crippen LogP contribution >= 0.6 is 0 Å². The number of nitrogens with zero attached hydrogens (tertiary/aromatic N) is 1. The van der Waals surface area contributed by atoms with Gasteiger partial charge < -0.3 is 25.0 Å². The Morgan fingerprint density at radius 2 is 2.30 bits per heavy atom. The van der Waals surface area contributed by atoms with Crippen LogP contribution in [-0.4, -0.2) is 61.0 Å². The van der Waals surface area contributed by atoms with Crippen molar-refractivity contribution < 1.29 is 19.1 Å². The highest BCUT2D eigenvalue weighted by atomic mass is 16.6. The first-order valence-electron chi connectivity index (χ1n) is 6.99. The average Bonchev–Trinajstić information content (AvgIpc) is 2.93. The third kappa shape index (κ3) is 4.26. The van der Waals surface area contributed by atoms with Gasteiger partial charge >= 0.3 is 12.2 Å². The Morgan fingerprint density at radius 1 is 1.55 bits per heavy atom. The predicted molar refractivity (Wildman–Crippen MR) is 72.5 cm³/mol. The normalized spacial score (nSPS) is 26.4. The number of nitrogens with one attached hydrogen (secondary N) is 2. The molecule has 0 aliphatic carbocycles. The molecule has 2 fully saturated rings. The molecule has 2 N–H and O–H groups in total. The smallest absolute Gasteiger partial charge is 0.410 e. The van der Waals surface area contributed by atoms with Crippen molar-refractivity contribution in [1.29, 1.82) is 0 Å². The maximum atomic E-state index is 11.9. The van der Waals surface area contributed by atoms with Crippen LogP contribution < -0.4 is 10.6 Å². The molecule has 0 aromatic heterocycles. The van der Waals surface area contributed by atoms with Gasteiger partial charge in [0, 0.05) is 25.7 Å². The van der Waals surface area contributed by atoms with Gasteiger partial charge in [-0.1, -0.05) is 0 Å². The van der Waals surface area contributed by atoms with Crippen LogP contribution in [0.15, 0.2) is 0 Å². The number of hydrogen-bond donors (Lipinski definition) is 2. The lowest BCUT2D eigenvalue weighted by atomic mass is 10.2. The topological polar surface area (TPSA) is 79.9 Å². The molecule has 2 rings (SSSR count). The van der Waals surface area contributed by atoms with Crippen molar-refractivity contribution in [2.45, 2.75) is 44.9 Å². The van der Waals surface area contributed by atoms with Crippen LogP contribution in [-0.2, 0) is 9.47 Å². The van der Waals surface area contributed by atoms with Crippen LogP contribution in [0.1, 0.15) is 27.2 Å². The highest BCUT2D eigenvalue weighted by molar-refractivity contribution is 5.69. The monoisotopic (exact) mass is 285 g/mol. The van der Waals surface area contributed by atoms with E-state index >= 15 is 0 Å². The minimum Gasteiger partial charge on any atom is -0.444 e. The van der Waals surface area contributed by atoms with Crippen molar-refractivity contribution in [3.05, 3.63) is 0 Å². The van der Waals surface area contributed by atoms with Gasteiger partial charge in [-0.15, -0.1) is 0 Å². The summed E-state index contributed by atoms with van der Waals surface area (Å²) in [6, 6.07) is 0.224. The molecular weight excluding hydrogens is 262 g/mol. The lowest BCUT2D eigenvalue weighted by molar-refractivity contribution is 0.0290. The van der Waals surface area contributed by atoms with E-state index in [-0.39, 0.29) is 24.3 Å². The number of carbonyl (C=O) groups is 2. The second kappa shape index (κ2) is 5.87. The molecule has 0 bridgehead atoms. The first kappa shape index (κ1) is 14.9. The zero-order valence-corrected chi connectivity index (χ0v) is 12.3. The summed E-state index contributed by atoms with van der Waals surface area (Å²) < 4.78 is 10.4. The van der Waals surface area contributed by atoms with Gasteiger partial charge in [-0.25, -0.2) is 9.59 Å². The van der Waals surface area contributed by atoms with Gasteiger partial charge in [0.05, 0.1) is 6.54 Å². The van der Waals surface area contributed by atoms with Gasteiger partial charge in [-0.3, -0.25) is 0 Å². The summed E-state index contributed by atoms with van der Waals surface area (Å²) in [5, 5.41) is 5.94. The second-order valence-corrected chi connectivity index (χ2v) is 6.23. The largest absolute Gasteiger partial charge is 0.444 e. The third-order valence-electron chi connectivity index (χ3n) is 3.22. The van der Waals surface area contributed by atoms with Gasteiger partial charge in [0.1, 0.15) is 11.7 Å². The van der Waals surface area contributed by atoms with Gasteiger partial charge in [0.25, 0.3) is 0 Å². The number of rotatable bonds is 3. The van der Waals surface area contributed by atoms with E-state index in [1.54, 1.807) is 4.90 Å². The second-order valence-electron chi connectivity index (χ2n) is 6.23. The van der Waals surface area contributed by atoms with Crippen molar-refractivity contribution in [2.24, 2.45) is 0 Å². The molecular formula is C13H23N3O4. The van der Waals surface area contributed by atoms with Gasteiger partial charge in [0.15, 0.2) is 0 Å². The van der Waals surface area contributed by atoms with Crippen LogP contribution in [0.25, 0.3) is 0 Å². The van der Waals surface area contributed by atoms with Crippen LogP contribution in [0, 0.1) is 0 Å². The summed E-state index contributed by atoms with van der Waals surface area (Å²) in [5.74, 6) is 0. The van der Waals surface area contributed by atoms with Crippen LogP contribution in [0.4, 0.5) is 9.59 Å². The quantitative estimate of drug-likeness (QED) is 0.797. The molecule has 2 heterocycles. The molecule has 114 valence electrons. The molecule has 2 aliphatic rings. The van der Waals surface area contributed by atoms with E-state index in [0.29, 0.717) is 26.2 Å². The Hall–Kier alpha value is -1.50. The highest BCUT2D eigenvalue weighted by Gasteiger charge is 2.30. The summed E-state index contributed by atoms with van der Waals surface area (Å²) in [4.78, 5) is 24.5. The SMILES string of the molecule is CC(C)(C)OC(=O)N1CC[C@H](NC[C@H]2CNC(=O)O2)C1. The van der Waals surface area contributed by atoms with E-state index in [1.165, 1.54) is 0 Å². The fraction of sp³-hybridized carbons (Fsp3) is 0.846. The summed E-state index contributed by atoms with van der Waals surface area (Å²) in [5.41, 5.74) is -0.466. The molecule has 7 heteroatoms. The molecule has 0 aromatic carbocycles. The summed E-state index contributed by atoms with van der Waals surface area (Å²) in [6.45, 7) is 8.03. The molecule has 0 unspecified atom stereocenters. The van der Waals surface area contributed by atoms with E-state index in [4.69, 9.17) is 9.47 Å². The summed E-state index contributed by atoms with van der Waals surface area (Å²) in [7, 11) is 0. The Bertz CT molecular complexity index is 380. The summed E-state index contributed by atoms with van der Waals surface area (Å²) >= 11 is 0. The van der Waals surface area contributed by atoms with E-state index < -0.39 is 5.60 Å². The Kier molecular flexibility index (Phi) is 4.37. The number of amides is 2. The fourth-order valence-corrected chi connectivity index (χ4v) is 2.26. The zero-order valence-electron chi connectivity index (χ0n) is 12.3. The van der Waals surface area contributed by atoms with Crippen LogP contribution in [0.5, 0.6) is 0 Å². The third-order valence-corrected chi connectivity index (χ3v) is 3.22. The molecule has 7 nitrogen and oxygen atoms in total. The number of ether oxygens (including phenoxy) is 2. The number of cyclic esters (lactones) is 1. The Morgan fingerprint density at radius 3 is 2.90 bits per heavy atom. The minimum absolute atomic E-state index is 0.127. The van der Waals surface area contributed by atoms with Crippen molar-refractivity contribution in [1.82, 2.24) is 15.5 Å². The minimum atomic E-state index is -0.466. The van der Waals surface area contributed by atoms with E-state index in [1.807, 2.05) is 20.8 Å². The molecule has 2 aliphatic heterocycles. The molecule has 0 saturated carbocycles. The predicted octanol–water partition coefficient (Wildman–Crippen LogP) is 0.694. The maximum absolute atomic E-state index is 11.9. The van der Waals surface area contributed by atoms with Crippen LogP contribution in [0.3, 0.4) is 0 Å². The van der Waals surface area contributed by atoms with Gasteiger partial charge in [-0.05, 0) is 27.2 Å². The number of carbonyl (C=O) groups excluding carboxylic acids is 2. The molecule has 0 radical (unpaired) electrons. The van der Waals surface area contributed by atoms with Gasteiger partial charge in [0.2, 0.25) is 0 Å². The molecule has 20 heavy (non-hydrogen) atoms. The number of likely N-dealkylation sites (tertiary alicyclic amines) is 1. The van der Waals surface area contributed by atoms with Crippen LogP contribution in [0.2, 0.25) is 0 Å². The van der Waals surface area contributed by atoms with E-state index in [2.05, 4.69) is 10.6 Å². The Labute approximate surface area is 119 Å². The first-order chi connectivity index (χ1) is 9.33. The first-order valence-corrected chi connectivity index (χ1v) is 6.99. The molecule has 0 aromatic rings. The van der Waals surface area contributed by atoms with Gasteiger partial charge in [-0.2, -0.15) is 0 Å². The van der Waals surface area contributed by atoms with E-state index in [0.717, 1.165) is 6.42 Å². The fourth-order valence-electron chi connectivity index (χ4n) is 2.26.